The van der Waals surface area contributed by atoms with Crippen LogP contribution < -0.4 is 0 Å². The van der Waals surface area contributed by atoms with Crippen molar-refractivity contribution in [1.82, 2.24) is 4.90 Å². The first kappa shape index (κ1) is 13.8. The fourth-order valence-electron chi connectivity index (χ4n) is 2.51. The van der Waals surface area contributed by atoms with E-state index >= 15 is 0 Å². The molecular formula is C15H20FNO2. The molecule has 1 unspecified atom stereocenters. The molecule has 1 aliphatic heterocycles. The number of halogens is 1. The zero-order chi connectivity index (χ0) is 14.2. The third-order valence-corrected chi connectivity index (χ3v) is 3.89. The summed E-state index contributed by atoms with van der Waals surface area (Å²) in [5.74, 6) is -0.587. The van der Waals surface area contributed by atoms with Gasteiger partial charge in [-0.25, -0.2) is 4.39 Å². The van der Waals surface area contributed by atoms with Crippen molar-refractivity contribution in [3.63, 3.8) is 0 Å². The number of hydrogen-bond acceptors (Lipinski definition) is 2. The van der Waals surface area contributed by atoms with Gasteiger partial charge in [0.25, 0.3) is 5.91 Å². The number of hydrogen-bond donors (Lipinski definition) is 1. The molecular weight excluding hydrogens is 245 g/mol. The van der Waals surface area contributed by atoms with Crippen LogP contribution in [0.25, 0.3) is 0 Å². The second-order valence-electron chi connectivity index (χ2n) is 6.26. The van der Waals surface area contributed by atoms with Crippen LogP contribution in [-0.2, 0) is 0 Å². The Balaban J connectivity index is 2.14. The number of amides is 1. The molecule has 104 valence electrons. The summed E-state index contributed by atoms with van der Waals surface area (Å²) in [6.45, 7) is 7.89. The summed E-state index contributed by atoms with van der Waals surface area (Å²) >= 11 is 0. The predicted molar refractivity (Wildman–Crippen MR) is 71.5 cm³/mol. The molecule has 1 aromatic rings. The molecule has 0 saturated carbocycles. The minimum absolute atomic E-state index is 0.167. The SMILES string of the molecule is CC(C)(C)C1CCN(C(=O)c2ccc(F)cc2O)C1. The minimum Gasteiger partial charge on any atom is -0.507 e. The molecule has 1 aliphatic rings. The first-order valence-electron chi connectivity index (χ1n) is 6.57. The summed E-state index contributed by atoms with van der Waals surface area (Å²) in [4.78, 5) is 14.0. The molecule has 1 aromatic carbocycles. The largest absolute Gasteiger partial charge is 0.507 e. The van der Waals surface area contributed by atoms with Gasteiger partial charge in [-0.05, 0) is 29.9 Å². The average Bonchev–Trinajstić information content (AvgIpc) is 2.76. The standard InChI is InChI=1S/C15H20FNO2/c1-15(2,3)10-6-7-17(9-10)14(19)12-5-4-11(16)8-13(12)18/h4-5,8,10,18H,6-7,9H2,1-3H3. The highest BCUT2D eigenvalue weighted by atomic mass is 19.1. The average molecular weight is 265 g/mol. The van der Waals surface area contributed by atoms with Gasteiger partial charge in [0.15, 0.2) is 0 Å². The smallest absolute Gasteiger partial charge is 0.257 e. The van der Waals surface area contributed by atoms with E-state index in [0.717, 1.165) is 12.5 Å². The van der Waals surface area contributed by atoms with Crippen molar-refractivity contribution in [2.45, 2.75) is 27.2 Å². The Morgan fingerprint density at radius 2 is 2.11 bits per heavy atom. The van der Waals surface area contributed by atoms with E-state index in [2.05, 4.69) is 20.8 Å². The molecule has 1 atom stereocenters. The maximum absolute atomic E-state index is 12.9. The monoisotopic (exact) mass is 265 g/mol. The number of carbonyl (C=O) groups excluding carboxylic acids is 1. The van der Waals surface area contributed by atoms with Crippen LogP contribution in [0.5, 0.6) is 5.75 Å². The number of phenols is 1. The molecule has 0 aliphatic carbocycles. The lowest BCUT2D eigenvalue weighted by Gasteiger charge is -2.27. The molecule has 3 nitrogen and oxygen atoms in total. The van der Waals surface area contributed by atoms with Gasteiger partial charge in [-0.15, -0.1) is 0 Å². The number of rotatable bonds is 1. The zero-order valence-electron chi connectivity index (χ0n) is 11.6. The Labute approximate surface area is 113 Å². The highest BCUT2D eigenvalue weighted by Gasteiger charge is 2.34. The predicted octanol–water partition coefficient (Wildman–Crippen LogP) is 3.04. The van der Waals surface area contributed by atoms with Crippen LogP contribution in [0.4, 0.5) is 4.39 Å². The molecule has 19 heavy (non-hydrogen) atoms. The lowest BCUT2D eigenvalue weighted by molar-refractivity contribution is 0.0773. The topological polar surface area (TPSA) is 40.5 Å². The molecule has 0 radical (unpaired) electrons. The lowest BCUT2D eigenvalue weighted by Crippen LogP contribution is -2.31. The Hall–Kier alpha value is -1.58. The molecule has 0 aromatic heterocycles. The number of likely N-dealkylation sites (tertiary alicyclic amines) is 1. The van der Waals surface area contributed by atoms with Gasteiger partial charge in [0, 0.05) is 19.2 Å². The van der Waals surface area contributed by atoms with E-state index in [1.807, 2.05) is 0 Å². The summed E-state index contributed by atoms with van der Waals surface area (Å²) in [7, 11) is 0. The third-order valence-electron chi connectivity index (χ3n) is 3.89. The van der Waals surface area contributed by atoms with Crippen molar-refractivity contribution < 1.29 is 14.3 Å². The summed E-state index contributed by atoms with van der Waals surface area (Å²) in [5.41, 5.74) is 0.343. The van der Waals surface area contributed by atoms with Crippen LogP contribution in [0.2, 0.25) is 0 Å². The van der Waals surface area contributed by atoms with Gasteiger partial charge in [-0.1, -0.05) is 20.8 Å². The molecule has 2 rings (SSSR count). The Morgan fingerprint density at radius 3 is 2.63 bits per heavy atom. The normalized spacial score (nSPS) is 19.8. The van der Waals surface area contributed by atoms with Gasteiger partial charge >= 0.3 is 0 Å². The van der Waals surface area contributed by atoms with Crippen molar-refractivity contribution in [3.05, 3.63) is 29.6 Å². The molecule has 1 fully saturated rings. The molecule has 1 N–H and O–H groups in total. The maximum Gasteiger partial charge on any atom is 0.257 e. The van der Waals surface area contributed by atoms with Gasteiger partial charge < -0.3 is 10.0 Å². The quantitative estimate of drug-likeness (QED) is 0.848. The van der Waals surface area contributed by atoms with Crippen molar-refractivity contribution in [3.8, 4) is 5.75 Å². The Bertz CT molecular complexity index is 493. The molecule has 4 heteroatoms. The molecule has 0 bridgehead atoms. The summed E-state index contributed by atoms with van der Waals surface area (Å²) < 4.78 is 12.9. The molecule has 1 heterocycles. The first-order valence-corrected chi connectivity index (χ1v) is 6.57. The van der Waals surface area contributed by atoms with Crippen molar-refractivity contribution in [2.75, 3.05) is 13.1 Å². The van der Waals surface area contributed by atoms with Gasteiger partial charge in [0.2, 0.25) is 0 Å². The molecule has 0 spiro atoms. The Morgan fingerprint density at radius 1 is 1.42 bits per heavy atom. The van der Waals surface area contributed by atoms with E-state index in [0.29, 0.717) is 19.0 Å². The second-order valence-corrected chi connectivity index (χ2v) is 6.26. The number of nitrogens with zero attached hydrogens (tertiary/aromatic N) is 1. The van der Waals surface area contributed by atoms with Crippen LogP contribution >= 0.6 is 0 Å². The van der Waals surface area contributed by atoms with Crippen LogP contribution in [0.15, 0.2) is 18.2 Å². The maximum atomic E-state index is 12.9. The van der Waals surface area contributed by atoms with E-state index in [1.165, 1.54) is 12.1 Å². The van der Waals surface area contributed by atoms with E-state index in [9.17, 15) is 14.3 Å². The van der Waals surface area contributed by atoms with Crippen molar-refractivity contribution in [1.29, 1.82) is 0 Å². The fourth-order valence-corrected chi connectivity index (χ4v) is 2.51. The number of phenolic OH excluding ortho intramolecular Hbond substituents is 1. The number of carbonyl (C=O) groups is 1. The molecule has 1 saturated heterocycles. The molecule has 1 amide bonds. The van der Waals surface area contributed by atoms with Crippen LogP contribution in [0, 0.1) is 17.2 Å². The van der Waals surface area contributed by atoms with Crippen molar-refractivity contribution >= 4 is 5.91 Å². The Kier molecular flexibility index (Phi) is 3.52. The van der Waals surface area contributed by atoms with E-state index in [1.54, 1.807) is 4.90 Å². The first-order chi connectivity index (χ1) is 8.79. The summed E-state index contributed by atoms with van der Waals surface area (Å²) in [5, 5.41) is 9.66. The fraction of sp³-hybridized carbons (Fsp3) is 0.533. The highest BCUT2D eigenvalue weighted by Crippen LogP contribution is 2.34. The third kappa shape index (κ3) is 2.88. The second kappa shape index (κ2) is 4.83. The summed E-state index contributed by atoms with van der Waals surface area (Å²) in [6, 6.07) is 3.52. The zero-order valence-corrected chi connectivity index (χ0v) is 11.6. The van der Waals surface area contributed by atoms with Gasteiger partial charge in [0.1, 0.15) is 11.6 Å². The van der Waals surface area contributed by atoms with E-state index in [4.69, 9.17) is 0 Å². The van der Waals surface area contributed by atoms with Crippen LogP contribution in [0.3, 0.4) is 0 Å². The van der Waals surface area contributed by atoms with Gasteiger partial charge in [0.05, 0.1) is 5.56 Å². The van der Waals surface area contributed by atoms with Gasteiger partial charge in [-0.2, -0.15) is 0 Å². The van der Waals surface area contributed by atoms with E-state index < -0.39 is 5.82 Å². The highest BCUT2D eigenvalue weighted by molar-refractivity contribution is 5.97. The van der Waals surface area contributed by atoms with Crippen LogP contribution in [0.1, 0.15) is 37.6 Å². The van der Waals surface area contributed by atoms with Crippen LogP contribution in [-0.4, -0.2) is 29.0 Å². The van der Waals surface area contributed by atoms with Crippen molar-refractivity contribution in [2.24, 2.45) is 11.3 Å². The number of benzene rings is 1. The van der Waals surface area contributed by atoms with Gasteiger partial charge in [-0.3, -0.25) is 4.79 Å². The van der Waals surface area contributed by atoms with E-state index in [-0.39, 0.29) is 22.6 Å². The minimum atomic E-state index is -0.539. The lowest BCUT2D eigenvalue weighted by atomic mass is 9.80. The summed E-state index contributed by atoms with van der Waals surface area (Å²) in [6.07, 6.45) is 0.969. The number of aromatic hydroxyl groups is 1.